The van der Waals surface area contributed by atoms with E-state index < -0.39 is 0 Å². The zero-order chi connectivity index (χ0) is 11.6. The van der Waals surface area contributed by atoms with Gasteiger partial charge in [0, 0.05) is 5.92 Å². The van der Waals surface area contributed by atoms with E-state index in [-0.39, 0.29) is 5.60 Å². The van der Waals surface area contributed by atoms with Crippen molar-refractivity contribution in [1.29, 1.82) is 0 Å². The molecule has 0 aromatic carbocycles. The maximum atomic E-state index is 5.91. The van der Waals surface area contributed by atoms with Crippen LogP contribution in [0.5, 0.6) is 0 Å². The first kappa shape index (κ1) is 12.1. The quantitative estimate of drug-likeness (QED) is 0.540. The maximum absolute atomic E-state index is 5.91. The van der Waals surface area contributed by atoms with Gasteiger partial charge in [0.05, 0.1) is 24.9 Å². The van der Waals surface area contributed by atoms with E-state index in [1.165, 1.54) is 31.3 Å². The molecule has 2 aliphatic rings. The first-order chi connectivity index (χ1) is 7.64. The van der Waals surface area contributed by atoms with Crippen LogP contribution in [-0.4, -0.2) is 24.9 Å². The second-order valence-corrected chi connectivity index (χ2v) is 5.53. The topological polar surface area (TPSA) is 21.8 Å². The molecule has 1 saturated carbocycles. The van der Waals surface area contributed by atoms with Crippen LogP contribution in [-0.2, 0) is 9.47 Å². The minimum atomic E-state index is 0.211. The van der Waals surface area contributed by atoms with Crippen LogP contribution in [0.15, 0.2) is 11.6 Å². The molecule has 3 atom stereocenters. The second-order valence-electron chi connectivity index (χ2n) is 5.53. The summed E-state index contributed by atoms with van der Waals surface area (Å²) < 4.78 is 11.6. The second kappa shape index (κ2) is 4.89. The van der Waals surface area contributed by atoms with Crippen LogP contribution >= 0.6 is 0 Å². The summed E-state index contributed by atoms with van der Waals surface area (Å²) in [6.45, 7) is 8.14. The van der Waals surface area contributed by atoms with Crippen LogP contribution in [0.4, 0.5) is 0 Å². The van der Waals surface area contributed by atoms with Crippen LogP contribution in [0.3, 0.4) is 0 Å². The number of hydrogen-bond acceptors (Lipinski definition) is 2. The highest BCUT2D eigenvalue weighted by Gasteiger charge is 2.54. The summed E-state index contributed by atoms with van der Waals surface area (Å²) in [5.74, 6) is 0.617. The number of epoxide rings is 1. The van der Waals surface area contributed by atoms with Gasteiger partial charge in [0.2, 0.25) is 0 Å². The van der Waals surface area contributed by atoms with Gasteiger partial charge < -0.3 is 9.47 Å². The van der Waals surface area contributed by atoms with Gasteiger partial charge >= 0.3 is 0 Å². The Morgan fingerprint density at radius 2 is 2.25 bits per heavy atom. The van der Waals surface area contributed by atoms with Gasteiger partial charge in [-0.15, -0.1) is 0 Å². The molecule has 2 fully saturated rings. The van der Waals surface area contributed by atoms with Gasteiger partial charge in [-0.3, -0.25) is 0 Å². The smallest absolute Gasteiger partial charge is 0.0969 e. The third-order valence-corrected chi connectivity index (χ3v) is 3.97. The molecule has 3 unspecified atom stereocenters. The molecule has 0 amide bonds. The molecule has 1 saturated heterocycles. The van der Waals surface area contributed by atoms with Crippen LogP contribution < -0.4 is 0 Å². The van der Waals surface area contributed by atoms with E-state index in [4.69, 9.17) is 9.47 Å². The average Bonchev–Trinajstić information content (AvgIpc) is 2.98. The Bertz CT molecular complexity index is 262. The molecule has 1 aliphatic heterocycles. The van der Waals surface area contributed by atoms with Gasteiger partial charge in [0.25, 0.3) is 0 Å². The van der Waals surface area contributed by atoms with E-state index in [0.29, 0.717) is 12.0 Å². The largest absolute Gasteiger partial charge is 0.374 e. The van der Waals surface area contributed by atoms with E-state index in [2.05, 4.69) is 26.8 Å². The van der Waals surface area contributed by atoms with Gasteiger partial charge in [-0.25, -0.2) is 0 Å². The summed E-state index contributed by atoms with van der Waals surface area (Å²) in [6.07, 6.45) is 7.67. The molecule has 0 aromatic heterocycles. The summed E-state index contributed by atoms with van der Waals surface area (Å²) >= 11 is 0. The Morgan fingerprint density at radius 1 is 1.50 bits per heavy atom. The summed E-state index contributed by atoms with van der Waals surface area (Å²) in [5.41, 5.74) is 1.54. The molecular formula is C14H24O2. The lowest BCUT2D eigenvalue weighted by molar-refractivity contribution is -0.00810. The molecule has 2 nitrogen and oxygen atoms in total. The van der Waals surface area contributed by atoms with E-state index in [1.807, 2.05) is 0 Å². The number of hydrogen-bond donors (Lipinski definition) is 0. The monoisotopic (exact) mass is 224 g/mol. The summed E-state index contributed by atoms with van der Waals surface area (Å²) in [6, 6.07) is 0. The molecule has 16 heavy (non-hydrogen) atoms. The molecule has 1 spiro atoms. The van der Waals surface area contributed by atoms with E-state index in [9.17, 15) is 0 Å². The Hall–Kier alpha value is -0.340. The number of allylic oxidation sites excluding steroid dienone is 1. The SMILES string of the molecule is CC(C)=CCOC(C)C1CCCCC12CO2. The zero-order valence-electron chi connectivity index (χ0n) is 10.8. The van der Waals surface area contributed by atoms with Crippen molar-refractivity contribution >= 4 is 0 Å². The number of ether oxygens (including phenoxy) is 2. The third kappa shape index (κ3) is 2.67. The zero-order valence-corrected chi connectivity index (χ0v) is 10.8. The van der Waals surface area contributed by atoms with E-state index in [0.717, 1.165) is 13.2 Å². The van der Waals surface area contributed by atoms with E-state index >= 15 is 0 Å². The molecule has 1 heterocycles. The van der Waals surface area contributed by atoms with Crippen molar-refractivity contribution < 1.29 is 9.47 Å². The molecule has 2 heteroatoms. The maximum Gasteiger partial charge on any atom is 0.0969 e. The normalized spacial score (nSPS) is 34.8. The lowest BCUT2D eigenvalue weighted by Gasteiger charge is -2.33. The average molecular weight is 224 g/mol. The van der Waals surface area contributed by atoms with Crippen LogP contribution in [0.2, 0.25) is 0 Å². The fourth-order valence-electron chi connectivity index (χ4n) is 2.83. The van der Waals surface area contributed by atoms with Crippen LogP contribution in [0.1, 0.15) is 46.5 Å². The summed E-state index contributed by atoms with van der Waals surface area (Å²) in [5, 5.41) is 0. The summed E-state index contributed by atoms with van der Waals surface area (Å²) in [7, 11) is 0. The van der Waals surface area contributed by atoms with Crippen molar-refractivity contribution in [3.8, 4) is 0 Å². The van der Waals surface area contributed by atoms with E-state index in [1.54, 1.807) is 0 Å². The van der Waals surface area contributed by atoms with Crippen molar-refractivity contribution in [3.63, 3.8) is 0 Å². The molecule has 92 valence electrons. The molecule has 0 aromatic rings. The van der Waals surface area contributed by atoms with Crippen molar-refractivity contribution in [2.24, 2.45) is 5.92 Å². The number of rotatable bonds is 4. The molecular weight excluding hydrogens is 200 g/mol. The predicted octanol–water partition coefficient (Wildman–Crippen LogP) is 3.32. The van der Waals surface area contributed by atoms with Gasteiger partial charge in [-0.1, -0.05) is 24.5 Å². The molecule has 0 radical (unpaired) electrons. The van der Waals surface area contributed by atoms with Crippen molar-refractivity contribution in [1.82, 2.24) is 0 Å². The highest BCUT2D eigenvalue weighted by molar-refractivity contribution is 5.03. The predicted molar refractivity (Wildman–Crippen MR) is 65.5 cm³/mol. The van der Waals surface area contributed by atoms with Gasteiger partial charge in [-0.2, -0.15) is 0 Å². The van der Waals surface area contributed by atoms with Gasteiger partial charge in [-0.05, 0) is 33.6 Å². The van der Waals surface area contributed by atoms with Gasteiger partial charge in [0.1, 0.15) is 0 Å². The molecule has 0 bridgehead atoms. The van der Waals surface area contributed by atoms with Crippen LogP contribution in [0.25, 0.3) is 0 Å². The Labute approximate surface area is 99.0 Å². The minimum Gasteiger partial charge on any atom is -0.374 e. The summed E-state index contributed by atoms with van der Waals surface area (Å²) in [4.78, 5) is 0. The highest BCUT2D eigenvalue weighted by Crippen LogP contribution is 2.47. The third-order valence-electron chi connectivity index (χ3n) is 3.97. The minimum absolute atomic E-state index is 0.211. The first-order valence-electron chi connectivity index (χ1n) is 6.53. The lowest BCUT2D eigenvalue weighted by Crippen LogP contribution is -2.37. The fourth-order valence-corrected chi connectivity index (χ4v) is 2.83. The Balaban J connectivity index is 1.83. The fraction of sp³-hybridized carbons (Fsp3) is 0.857. The molecule has 0 N–H and O–H groups in total. The highest BCUT2D eigenvalue weighted by atomic mass is 16.6. The van der Waals surface area contributed by atoms with Crippen LogP contribution in [0, 0.1) is 5.92 Å². The first-order valence-corrected chi connectivity index (χ1v) is 6.53. The standard InChI is InChI=1S/C14H24O2/c1-11(2)7-9-15-12(3)13-6-4-5-8-14(13)10-16-14/h7,12-13H,4-6,8-10H2,1-3H3. The van der Waals surface area contributed by atoms with Crippen molar-refractivity contribution in [3.05, 3.63) is 11.6 Å². The van der Waals surface area contributed by atoms with Crippen molar-refractivity contribution in [2.45, 2.75) is 58.2 Å². The van der Waals surface area contributed by atoms with Crippen molar-refractivity contribution in [2.75, 3.05) is 13.2 Å². The van der Waals surface area contributed by atoms with Gasteiger partial charge in [0.15, 0.2) is 0 Å². The Kier molecular flexibility index (Phi) is 3.70. The molecule has 2 rings (SSSR count). The Morgan fingerprint density at radius 3 is 2.88 bits per heavy atom. The molecule has 1 aliphatic carbocycles. The lowest BCUT2D eigenvalue weighted by atomic mass is 9.76.